The van der Waals surface area contributed by atoms with Crippen molar-refractivity contribution < 1.29 is 17.9 Å². The number of alkyl halides is 3. The quantitative estimate of drug-likeness (QED) is 0.365. The molecule has 1 N–H and O–H groups in total. The number of ether oxygens (including phenoxy) is 1. The van der Waals surface area contributed by atoms with Crippen LogP contribution in [-0.2, 0) is 10.9 Å². The van der Waals surface area contributed by atoms with E-state index in [0.29, 0.717) is 11.1 Å². The van der Waals surface area contributed by atoms with E-state index in [0.717, 1.165) is 11.8 Å². The maximum atomic E-state index is 14.1. The zero-order valence-electron chi connectivity index (χ0n) is 18.2. The van der Waals surface area contributed by atoms with E-state index >= 15 is 0 Å². The third-order valence-corrected chi connectivity index (χ3v) is 5.44. The predicted molar refractivity (Wildman–Crippen MR) is 128 cm³/mol. The third-order valence-electron chi connectivity index (χ3n) is 5.44. The van der Waals surface area contributed by atoms with Crippen molar-refractivity contribution in [2.45, 2.75) is 6.18 Å². The van der Waals surface area contributed by atoms with Crippen LogP contribution in [0.5, 0.6) is 0 Å². The Kier molecular flexibility index (Phi) is 5.67. The number of hydrogen-bond donors (Lipinski definition) is 1. The van der Waals surface area contributed by atoms with E-state index in [1.54, 1.807) is 42.5 Å². The van der Waals surface area contributed by atoms with Gasteiger partial charge in [-0.25, -0.2) is 9.98 Å². The topological polar surface area (TPSA) is 70.3 Å². The minimum absolute atomic E-state index is 0.0675. The van der Waals surface area contributed by atoms with Crippen LogP contribution >= 0.6 is 0 Å². The molecule has 0 aliphatic carbocycles. The molecule has 5 nitrogen and oxygen atoms in total. The number of aliphatic imine (C=N–C) groups is 1. The second-order valence-electron chi connectivity index (χ2n) is 7.76. The van der Waals surface area contributed by atoms with E-state index in [2.05, 4.69) is 15.3 Å². The van der Waals surface area contributed by atoms with Gasteiger partial charge in [-0.15, -0.1) is 0 Å². The predicted octanol–water partition coefficient (Wildman–Crippen LogP) is 6.63. The first-order chi connectivity index (χ1) is 16.9. The van der Waals surface area contributed by atoms with Gasteiger partial charge < -0.3 is 10.1 Å². The second kappa shape index (κ2) is 8.95. The minimum Gasteiger partial charge on any atom is -0.424 e. The Labute approximate surface area is 198 Å². The van der Waals surface area contributed by atoms with Gasteiger partial charge in [-0.3, -0.25) is 0 Å². The molecule has 0 radical (unpaired) electrons. The Hall–Kier alpha value is -4.64. The molecule has 172 valence electrons. The molecule has 1 aromatic heterocycles. The summed E-state index contributed by atoms with van der Waals surface area (Å²) in [5, 5.41) is 12.9. The molecule has 2 heterocycles. The van der Waals surface area contributed by atoms with Gasteiger partial charge >= 0.3 is 6.18 Å². The number of nitrogens with zero attached hydrogens (tertiary/aromatic N) is 3. The van der Waals surface area contributed by atoms with E-state index in [9.17, 15) is 18.4 Å². The molecule has 8 heteroatoms. The summed E-state index contributed by atoms with van der Waals surface area (Å²) in [5.41, 5.74) is 0.664. The van der Waals surface area contributed by atoms with Crippen molar-refractivity contribution in [1.29, 1.82) is 5.26 Å². The number of rotatable bonds is 3. The summed E-state index contributed by atoms with van der Waals surface area (Å²) in [7, 11) is 0. The lowest BCUT2D eigenvalue weighted by Crippen LogP contribution is -2.19. The molecule has 0 spiro atoms. The number of para-hydroxylation sites is 1. The molecule has 0 atom stereocenters. The maximum Gasteiger partial charge on any atom is 0.418 e. The van der Waals surface area contributed by atoms with Gasteiger partial charge in [-0.05, 0) is 47.5 Å². The molecule has 0 saturated carbocycles. The number of nitrogens with one attached hydrogen (secondary N) is 1. The highest BCUT2D eigenvalue weighted by Crippen LogP contribution is 2.39. The van der Waals surface area contributed by atoms with Gasteiger partial charge in [-0.1, -0.05) is 48.5 Å². The van der Waals surface area contributed by atoms with Crippen LogP contribution < -0.4 is 5.32 Å². The zero-order valence-corrected chi connectivity index (χ0v) is 18.2. The SMILES string of the molecule is N#Cc1cc(C2=CCN=C(Nc3ccccc3)O2)nc2c(C(F)(F)F)cc(-c3ccccc3)cc12. The smallest absolute Gasteiger partial charge is 0.418 e. The van der Waals surface area contributed by atoms with Crippen LogP contribution in [0.1, 0.15) is 16.8 Å². The van der Waals surface area contributed by atoms with Crippen LogP contribution in [0.25, 0.3) is 27.8 Å². The number of aromatic nitrogens is 1. The van der Waals surface area contributed by atoms with Gasteiger partial charge in [0.05, 0.1) is 29.3 Å². The van der Waals surface area contributed by atoms with Crippen molar-refractivity contribution >= 4 is 28.4 Å². The molecule has 1 aliphatic rings. The van der Waals surface area contributed by atoms with E-state index in [1.807, 2.05) is 36.4 Å². The van der Waals surface area contributed by atoms with Gasteiger partial charge in [0, 0.05) is 11.1 Å². The molecule has 0 bridgehead atoms. The molecule has 0 fully saturated rings. The molecule has 4 aromatic rings. The highest BCUT2D eigenvalue weighted by atomic mass is 19.4. The standard InChI is InChI=1S/C27H17F3N4O/c28-27(29,30)22-14-18(17-7-3-1-4-8-17)13-21-19(16-31)15-23(34-25(21)22)24-11-12-32-26(35-24)33-20-9-5-2-6-10-20/h1-11,13-15H,12H2,(H,32,33). The van der Waals surface area contributed by atoms with Crippen LogP contribution in [-0.4, -0.2) is 17.6 Å². The Morgan fingerprint density at radius 2 is 1.63 bits per heavy atom. The third kappa shape index (κ3) is 4.57. The molecule has 0 saturated heterocycles. The van der Waals surface area contributed by atoms with Crippen molar-refractivity contribution in [3.05, 3.63) is 102 Å². The first kappa shape index (κ1) is 22.2. The van der Waals surface area contributed by atoms with Crippen LogP contribution in [0.15, 0.2) is 89.9 Å². The average molecular weight is 470 g/mol. The molecule has 0 unspecified atom stereocenters. The first-order valence-electron chi connectivity index (χ1n) is 10.7. The lowest BCUT2D eigenvalue weighted by molar-refractivity contribution is -0.136. The van der Waals surface area contributed by atoms with Crippen molar-refractivity contribution in [2.24, 2.45) is 4.99 Å². The molecular weight excluding hydrogens is 453 g/mol. The normalized spacial score (nSPS) is 13.4. The summed E-state index contributed by atoms with van der Waals surface area (Å²) in [6, 6.07) is 24.2. The highest BCUT2D eigenvalue weighted by Gasteiger charge is 2.35. The van der Waals surface area contributed by atoms with E-state index in [-0.39, 0.29) is 40.5 Å². The minimum atomic E-state index is -4.68. The van der Waals surface area contributed by atoms with Gasteiger partial charge in [0.15, 0.2) is 5.76 Å². The number of halogens is 3. The summed E-state index contributed by atoms with van der Waals surface area (Å²) in [6.45, 7) is 0.241. The molecule has 0 amide bonds. The second-order valence-corrected chi connectivity index (χ2v) is 7.76. The van der Waals surface area contributed by atoms with Crippen molar-refractivity contribution in [2.75, 3.05) is 11.9 Å². The molecule has 5 rings (SSSR count). The van der Waals surface area contributed by atoms with Crippen LogP contribution in [0.3, 0.4) is 0 Å². The Morgan fingerprint density at radius 3 is 2.31 bits per heavy atom. The van der Waals surface area contributed by atoms with Gasteiger partial charge in [-0.2, -0.15) is 18.4 Å². The van der Waals surface area contributed by atoms with E-state index in [4.69, 9.17) is 4.74 Å². The Bertz CT molecular complexity index is 1510. The number of benzene rings is 3. The first-order valence-corrected chi connectivity index (χ1v) is 10.7. The van der Waals surface area contributed by atoms with Crippen molar-refractivity contribution in [3.8, 4) is 17.2 Å². The summed E-state index contributed by atoms with van der Waals surface area (Å²) in [6.07, 6.45) is -3.07. The molecule has 1 aliphatic heterocycles. The van der Waals surface area contributed by atoms with Crippen LogP contribution in [0, 0.1) is 11.3 Å². The van der Waals surface area contributed by atoms with Crippen LogP contribution in [0.2, 0.25) is 0 Å². The number of hydrogen-bond acceptors (Lipinski definition) is 5. The Balaban J connectivity index is 1.59. The maximum absolute atomic E-state index is 14.1. The number of pyridine rings is 1. The monoisotopic (exact) mass is 470 g/mol. The Morgan fingerprint density at radius 1 is 0.914 bits per heavy atom. The zero-order chi connectivity index (χ0) is 24.4. The summed E-state index contributed by atoms with van der Waals surface area (Å²) in [4.78, 5) is 8.54. The van der Waals surface area contributed by atoms with Crippen molar-refractivity contribution in [1.82, 2.24) is 4.98 Å². The number of amidine groups is 1. The van der Waals surface area contributed by atoms with Gasteiger partial charge in [0.2, 0.25) is 0 Å². The highest BCUT2D eigenvalue weighted by molar-refractivity contribution is 5.96. The average Bonchev–Trinajstić information content (AvgIpc) is 2.88. The van der Waals surface area contributed by atoms with E-state index < -0.39 is 11.7 Å². The van der Waals surface area contributed by atoms with Crippen molar-refractivity contribution in [3.63, 3.8) is 0 Å². The fourth-order valence-electron chi connectivity index (χ4n) is 3.82. The fraction of sp³-hybridized carbons (Fsp3) is 0.0741. The van der Waals surface area contributed by atoms with E-state index in [1.165, 1.54) is 6.07 Å². The fourth-order valence-corrected chi connectivity index (χ4v) is 3.82. The summed E-state index contributed by atoms with van der Waals surface area (Å²) >= 11 is 0. The molecule has 3 aromatic carbocycles. The summed E-state index contributed by atoms with van der Waals surface area (Å²) in [5.74, 6) is 0.220. The largest absolute Gasteiger partial charge is 0.424 e. The molecular formula is C27H17F3N4O. The lowest BCUT2D eigenvalue weighted by atomic mass is 9.96. The van der Waals surface area contributed by atoms with Gasteiger partial charge in [0.25, 0.3) is 6.02 Å². The number of anilines is 1. The van der Waals surface area contributed by atoms with Crippen LogP contribution in [0.4, 0.5) is 18.9 Å². The molecule has 35 heavy (non-hydrogen) atoms. The summed E-state index contributed by atoms with van der Waals surface area (Å²) < 4.78 is 48.2. The lowest BCUT2D eigenvalue weighted by Gasteiger charge is -2.18. The van der Waals surface area contributed by atoms with Gasteiger partial charge in [0.1, 0.15) is 5.69 Å². The number of fused-ring (bicyclic) bond motifs is 1. The number of nitriles is 1.